The van der Waals surface area contributed by atoms with E-state index < -0.39 is 85.6 Å². The van der Waals surface area contributed by atoms with Gasteiger partial charge in [-0.05, 0) is 37.1 Å². The summed E-state index contributed by atoms with van der Waals surface area (Å²) in [6.45, 7) is 2.78. The number of ether oxygens (including phenoxy) is 1. The molecule has 0 saturated carbocycles. The van der Waals surface area contributed by atoms with Crippen molar-refractivity contribution in [2.75, 3.05) is 18.1 Å². The quantitative estimate of drug-likeness (QED) is 0.107. The molecule has 1 aromatic rings. The summed E-state index contributed by atoms with van der Waals surface area (Å²) in [4.78, 5) is 10.3. The van der Waals surface area contributed by atoms with Crippen LogP contribution < -0.4 is 4.90 Å². The fourth-order valence-electron chi connectivity index (χ4n) is 4.26. The molecule has 0 aromatic heterocycles. The summed E-state index contributed by atoms with van der Waals surface area (Å²) in [5.41, 5.74) is -0.200. The zero-order chi connectivity index (χ0) is 40.5. The number of carbonyl (C=O) groups is 1. The molecule has 0 N–H and O–H groups in total. The molecule has 0 radical (unpaired) electrons. The van der Waals surface area contributed by atoms with E-state index in [0.29, 0.717) is 18.6 Å². The Hall–Kier alpha value is -3.29. The van der Waals surface area contributed by atoms with Gasteiger partial charge in [0.25, 0.3) is 0 Å². The number of halogens is 21. The van der Waals surface area contributed by atoms with Gasteiger partial charge in [-0.1, -0.05) is 6.58 Å². The van der Waals surface area contributed by atoms with Crippen molar-refractivity contribution in [1.29, 1.82) is 0 Å². The molecule has 1 aliphatic rings. The van der Waals surface area contributed by atoms with Crippen LogP contribution in [0.5, 0.6) is 0 Å². The van der Waals surface area contributed by atoms with Gasteiger partial charge in [0.1, 0.15) is 6.61 Å². The molecule has 1 fully saturated rings. The molecule has 0 unspecified atom stereocenters. The van der Waals surface area contributed by atoms with Crippen LogP contribution in [0.15, 0.2) is 41.8 Å². The van der Waals surface area contributed by atoms with Crippen molar-refractivity contribution in [3.05, 3.63) is 36.9 Å². The SMILES string of the molecule is C=CC(=O)OC[C@@H]1CCCN1c1ccc(S(=O)(=O)C(F)(F)C(F)(F)C(F)(F)C(F)(F)C(F)(F)C(F)(F)C(F)(F)C(F)(F)C(F)(F)C(F)(F)F)cc1. The van der Waals surface area contributed by atoms with E-state index in [4.69, 9.17) is 4.74 Å². The van der Waals surface area contributed by atoms with E-state index >= 15 is 0 Å². The van der Waals surface area contributed by atoms with Gasteiger partial charge in [0.2, 0.25) is 9.84 Å². The fourth-order valence-corrected chi connectivity index (χ4v) is 5.52. The van der Waals surface area contributed by atoms with Crippen LogP contribution in [0.4, 0.5) is 97.9 Å². The predicted molar refractivity (Wildman–Crippen MR) is 126 cm³/mol. The van der Waals surface area contributed by atoms with Crippen molar-refractivity contribution in [2.45, 2.75) is 82.6 Å². The Morgan fingerprint density at radius 3 is 1.41 bits per heavy atom. The van der Waals surface area contributed by atoms with Crippen LogP contribution in [0.1, 0.15) is 12.8 Å². The molecular weight excluding hydrogens is 797 g/mol. The van der Waals surface area contributed by atoms with Gasteiger partial charge in [0, 0.05) is 18.3 Å². The van der Waals surface area contributed by atoms with Crippen LogP contribution >= 0.6 is 0 Å². The summed E-state index contributed by atoms with van der Waals surface area (Å²) in [6.07, 6.45) is -6.79. The number of hydrogen-bond donors (Lipinski definition) is 0. The highest BCUT2D eigenvalue weighted by atomic mass is 32.2. The Balaban J connectivity index is 2.59. The van der Waals surface area contributed by atoms with Gasteiger partial charge in [-0.25, -0.2) is 13.2 Å². The lowest BCUT2D eigenvalue weighted by atomic mass is 9.87. The number of carbonyl (C=O) groups excluding carboxylic acids is 1. The number of rotatable bonds is 14. The highest BCUT2D eigenvalue weighted by Crippen LogP contribution is 2.66. The summed E-state index contributed by atoms with van der Waals surface area (Å²) in [5, 5.41) is -7.86. The zero-order valence-corrected chi connectivity index (χ0v) is 24.7. The number of esters is 1. The Kier molecular flexibility index (Phi) is 10.9. The molecule has 0 amide bonds. The average molecular weight is 813 g/mol. The third-order valence-electron chi connectivity index (χ3n) is 7.26. The van der Waals surface area contributed by atoms with E-state index in [9.17, 15) is 105 Å². The van der Waals surface area contributed by atoms with Crippen LogP contribution in [0, 0.1) is 0 Å². The summed E-state index contributed by atoms with van der Waals surface area (Å²) in [7, 11) is -7.61. The molecule has 0 aliphatic carbocycles. The topological polar surface area (TPSA) is 63.7 Å². The van der Waals surface area contributed by atoms with Gasteiger partial charge in [-0.3, -0.25) is 0 Å². The molecule has 1 atom stereocenters. The van der Waals surface area contributed by atoms with E-state index in [0.717, 1.165) is 6.08 Å². The van der Waals surface area contributed by atoms with Crippen molar-refractivity contribution in [1.82, 2.24) is 0 Å². The van der Waals surface area contributed by atoms with Crippen molar-refractivity contribution in [3.8, 4) is 0 Å². The third kappa shape index (κ3) is 6.10. The first-order chi connectivity index (χ1) is 22.4. The lowest BCUT2D eigenvalue weighted by Crippen LogP contribution is -2.77. The van der Waals surface area contributed by atoms with Crippen LogP contribution in [-0.4, -0.2) is 92.4 Å². The number of alkyl halides is 21. The molecule has 1 heterocycles. The maximum absolute atomic E-state index is 14.6. The first-order valence-electron chi connectivity index (χ1n) is 12.8. The van der Waals surface area contributed by atoms with E-state index in [1.807, 2.05) is 0 Å². The molecule has 1 aromatic carbocycles. The summed E-state index contributed by atoms with van der Waals surface area (Å²) < 4.78 is 316. The number of anilines is 1. The maximum atomic E-state index is 14.6. The Bertz CT molecular complexity index is 1570. The van der Waals surface area contributed by atoms with Gasteiger partial charge < -0.3 is 9.64 Å². The third-order valence-corrected chi connectivity index (χ3v) is 9.08. The summed E-state index contributed by atoms with van der Waals surface area (Å²) in [6, 6.07) is 0.0458. The molecule has 0 spiro atoms. The molecule has 2 rings (SSSR count). The summed E-state index contributed by atoms with van der Waals surface area (Å²) in [5.74, 6) is -73.5. The van der Waals surface area contributed by atoms with Crippen molar-refractivity contribution in [2.24, 2.45) is 0 Å². The molecule has 51 heavy (non-hydrogen) atoms. The molecular formula is C24H16F21NO4S. The van der Waals surface area contributed by atoms with Crippen molar-refractivity contribution in [3.63, 3.8) is 0 Å². The van der Waals surface area contributed by atoms with Gasteiger partial charge in [0.05, 0.1) is 10.9 Å². The molecule has 1 saturated heterocycles. The summed E-state index contributed by atoms with van der Waals surface area (Å²) >= 11 is 0. The van der Waals surface area contributed by atoms with Crippen molar-refractivity contribution >= 4 is 21.5 Å². The van der Waals surface area contributed by atoms with Gasteiger partial charge in [0.15, 0.2) is 0 Å². The monoisotopic (exact) mass is 813 g/mol. The van der Waals surface area contributed by atoms with E-state index in [-0.39, 0.29) is 37.4 Å². The lowest BCUT2D eigenvalue weighted by molar-refractivity contribution is -0.472. The standard InChI is InChI=1S/C24H16F21NO4S/c1-2-14(47)50-10-12-4-3-9-46(12)11-5-7-13(8-6-11)51(48,49)24(44,45)22(39,40)20(35,36)18(31,32)16(27,28)15(25,26)17(29,30)19(33,34)21(37,38)23(41,42)43/h2,5-8,12H,1,3-4,9-10H2/t12-/m0/s1. The zero-order valence-electron chi connectivity index (χ0n) is 23.9. The van der Waals surface area contributed by atoms with Gasteiger partial charge >= 0.3 is 64.8 Å². The van der Waals surface area contributed by atoms with Crippen LogP contribution in [0.25, 0.3) is 0 Å². The minimum absolute atomic E-state index is 0.0512. The molecule has 1 aliphatic heterocycles. The first kappa shape index (κ1) is 43.9. The number of benzene rings is 1. The van der Waals surface area contributed by atoms with Gasteiger partial charge in [-0.15, -0.1) is 0 Å². The first-order valence-corrected chi connectivity index (χ1v) is 14.3. The molecule has 27 heteroatoms. The second-order valence-corrected chi connectivity index (χ2v) is 12.4. The molecule has 5 nitrogen and oxygen atoms in total. The van der Waals surface area contributed by atoms with Crippen LogP contribution in [0.2, 0.25) is 0 Å². The van der Waals surface area contributed by atoms with Crippen LogP contribution in [-0.2, 0) is 19.4 Å². The second-order valence-electron chi connectivity index (χ2n) is 10.4. The lowest BCUT2D eigenvalue weighted by Gasteiger charge is -2.44. The minimum atomic E-state index is -9.39. The highest BCUT2D eigenvalue weighted by molar-refractivity contribution is 7.92. The number of nitrogens with zero attached hydrogens (tertiary/aromatic N) is 1. The number of hydrogen-bond acceptors (Lipinski definition) is 5. The largest absolute Gasteiger partial charge is 0.460 e. The Morgan fingerprint density at radius 1 is 0.667 bits per heavy atom. The number of sulfone groups is 1. The molecule has 0 bridgehead atoms. The average Bonchev–Trinajstić information content (AvgIpc) is 3.47. The van der Waals surface area contributed by atoms with E-state index in [1.54, 1.807) is 0 Å². The highest BCUT2D eigenvalue weighted by Gasteiger charge is 2.98. The predicted octanol–water partition coefficient (Wildman–Crippen LogP) is 8.40. The minimum Gasteiger partial charge on any atom is -0.460 e. The van der Waals surface area contributed by atoms with Crippen molar-refractivity contribution < 1.29 is 110 Å². The smallest absolute Gasteiger partial charge is 0.460 e. The second kappa shape index (κ2) is 12.7. The Labute approximate surface area is 269 Å². The normalized spacial score (nSPS) is 18.2. The van der Waals surface area contributed by atoms with E-state index in [1.165, 1.54) is 4.90 Å². The Morgan fingerprint density at radius 2 is 1.04 bits per heavy atom. The fraction of sp³-hybridized carbons (Fsp3) is 0.625. The van der Waals surface area contributed by atoms with Crippen LogP contribution in [0.3, 0.4) is 0 Å². The molecule has 294 valence electrons. The maximum Gasteiger partial charge on any atom is 0.460 e. The van der Waals surface area contributed by atoms with Gasteiger partial charge in [-0.2, -0.15) is 92.2 Å². The van der Waals surface area contributed by atoms with E-state index in [2.05, 4.69) is 6.58 Å².